The molecule has 0 aliphatic carbocycles. The third-order valence-electron chi connectivity index (χ3n) is 2.13. The highest BCUT2D eigenvalue weighted by molar-refractivity contribution is 8.06. The largest absolute Gasteiger partial charge is 0.386 e. The van der Waals surface area contributed by atoms with E-state index in [1.165, 1.54) is 5.75 Å². The molecule has 0 spiro atoms. The number of aliphatic hydroxyl groups excluding tert-OH is 1. The second kappa shape index (κ2) is 4.88. The summed E-state index contributed by atoms with van der Waals surface area (Å²) in [6.07, 6.45) is -0.377. The maximum Gasteiger partial charge on any atom is 0.109 e. The highest BCUT2D eigenvalue weighted by Gasteiger charge is 2.25. The molecule has 0 bridgehead atoms. The Hall–Kier alpha value is 0.290. The SMILES string of the molecule is Cc1nc(C(O)C2CSCCS2)cs1. The van der Waals surface area contributed by atoms with Gasteiger partial charge < -0.3 is 5.11 Å². The van der Waals surface area contributed by atoms with E-state index in [0.717, 1.165) is 22.2 Å². The van der Waals surface area contributed by atoms with Crippen molar-refractivity contribution in [3.63, 3.8) is 0 Å². The minimum absolute atomic E-state index is 0.329. The monoisotopic (exact) mass is 247 g/mol. The summed E-state index contributed by atoms with van der Waals surface area (Å²) in [5.74, 6) is 3.40. The van der Waals surface area contributed by atoms with Crippen molar-refractivity contribution < 1.29 is 5.11 Å². The Labute approximate surface area is 96.5 Å². The molecule has 0 aromatic carbocycles. The second-order valence-electron chi connectivity index (χ2n) is 3.22. The molecule has 1 N–H and O–H groups in total. The fourth-order valence-electron chi connectivity index (χ4n) is 1.39. The zero-order chi connectivity index (χ0) is 9.97. The molecule has 1 aromatic heterocycles. The van der Waals surface area contributed by atoms with Crippen molar-refractivity contribution in [1.29, 1.82) is 0 Å². The molecule has 1 aliphatic rings. The second-order valence-corrected chi connectivity index (χ2v) is 6.78. The lowest BCUT2D eigenvalue weighted by Crippen LogP contribution is -2.22. The highest BCUT2D eigenvalue weighted by Crippen LogP contribution is 2.33. The van der Waals surface area contributed by atoms with Crippen LogP contribution >= 0.6 is 34.9 Å². The standard InChI is InChI=1S/C9H13NOS3/c1-6-10-7(4-14-6)9(11)8-5-12-2-3-13-8/h4,8-9,11H,2-3,5H2,1H3. The molecule has 14 heavy (non-hydrogen) atoms. The average molecular weight is 247 g/mol. The lowest BCUT2D eigenvalue weighted by molar-refractivity contribution is 0.176. The molecule has 2 atom stereocenters. The van der Waals surface area contributed by atoms with Crippen LogP contribution < -0.4 is 0 Å². The maximum absolute atomic E-state index is 10.1. The molecule has 1 aromatic rings. The summed E-state index contributed by atoms with van der Waals surface area (Å²) in [6.45, 7) is 1.98. The van der Waals surface area contributed by atoms with Crippen LogP contribution in [0.25, 0.3) is 0 Å². The predicted octanol–water partition coefficient (Wildman–Crippen LogP) is 2.33. The summed E-state index contributed by atoms with van der Waals surface area (Å²) in [5.41, 5.74) is 0.854. The van der Waals surface area contributed by atoms with E-state index in [1.807, 2.05) is 35.8 Å². The normalized spacial score (nSPS) is 24.9. The van der Waals surface area contributed by atoms with Gasteiger partial charge >= 0.3 is 0 Å². The van der Waals surface area contributed by atoms with Crippen LogP contribution in [0.1, 0.15) is 16.8 Å². The quantitative estimate of drug-likeness (QED) is 0.869. The van der Waals surface area contributed by atoms with Crippen LogP contribution in [-0.4, -0.2) is 32.6 Å². The Morgan fingerprint density at radius 1 is 1.57 bits per heavy atom. The summed E-state index contributed by atoms with van der Waals surface area (Å²) in [6, 6.07) is 0. The predicted molar refractivity (Wildman–Crippen MR) is 65.4 cm³/mol. The van der Waals surface area contributed by atoms with Crippen molar-refractivity contribution in [2.45, 2.75) is 18.3 Å². The lowest BCUT2D eigenvalue weighted by atomic mass is 10.2. The van der Waals surface area contributed by atoms with Gasteiger partial charge in [-0.1, -0.05) is 0 Å². The minimum atomic E-state index is -0.377. The third-order valence-corrected chi connectivity index (χ3v) is 5.77. The fourth-order valence-corrected chi connectivity index (χ4v) is 4.77. The molecule has 1 saturated heterocycles. The number of hydrogen-bond acceptors (Lipinski definition) is 5. The van der Waals surface area contributed by atoms with Crippen LogP contribution in [-0.2, 0) is 0 Å². The number of rotatable bonds is 2. The van der Waals surface area contributed by atoms with Crippen molar-refractivity contribution in [2.75, 3.05) is 17.3 Å². The molecule has 2 rings (SSSR count). The molecule has 2 heterocycles. The van der Waals surface area contributed by atoms with Gasteiger partial charge in [0, 0.05) is 27.9 Å². The number of thioether (sulfide) groups is 2. The van der Waals surface area contributed by atoms with Gasteiger partial charge in [0.25, 0.3) is 0 Å². The van der Waals surface area contributed by atoms with Crippen molar-refractivity contribution >= 4 is 34.9 Å². The van der Waals surface area contributed by atoms with E-state index in [1.54, 1.807) is 11.3 Å². The van der Waals surface area contributed by atoms with Gasteiger partial charge in [0.05, 0.1) is 10.7 Å². The minimum Gasteiger partial charge on any atom is -0.386 e. The molecule has 0 radical (unpaired) electrons. The van der Waals surface area contributed by atoms with Crippen molar-refractivity contribution in [3.05, 3.63) is 16.1 Å². The first kappa shape index (κ1) is 10.8. The molecule has 2 nitrogen and oxygen atoms in total. The van der Waals surface area contributed by atoms with E-state index in [4.69, 9.17) is 0 Å². The molecular formula is C9H13NOS3. The number of nitrogens with zero attached hydrogens (tertiary/aromatic N) is 1. The van der Waals surface area contributed by atoms with Crippen molar-refractivity contribution in [1.82, 2.24) is 4.98 Å². The molecule has 1 fully saturated rings. The Morgan fingerprint density at radius 3 is 3.00 bits per heavy atom. The number of aliphatic hydroxyl groups is 1. The molecule has 78 valence electrons. The van der Waals surface area contributed by atoms with Gasteiger partial charge in [-0.25, -0.2) is 4.98 Å². The number of thiazole rings is 1. The Kier molecular flexibility index (Phi) is 3.76. The smallest absolute Gasteiger partial charge is 0.109 e. The first-order chi connectivity index (χ1) is 6.77. The van der Waals surface area contributed by atoms with Crippen LogP contribution in [0.4, 0.5) is 0 Å². The molecule has 5 heteroatoms. The number of hydrogen-bond donors (Lipinski definition) is 1. The number of aromatic nitrogens is 1. The van der Waals surface area contributed by atoms with Crippen molar-refractivity contribution in [2.24, 2.45) is 0 Å². The van der Waals surface area contributed by atoms with Crippen molar-refractivity contribution in [3.8, 4) is 0 Å². The van der Waals surface area contributed by atoms with Gasteiger partial charge in [0.1, 0.15) is 6.10 Å². The summed E-state index contributed by atoms with van der Waals surface area (Å²) >= 11 is 5.41. The van der Waals surface area contributed by atoms with Crippen LogP contribution in [0.5, 0.6) is 0 Å². The first-order valence-corrected chi connectivity index (χ1v) is 7.65. The van der Waals surface area contributed by atoms with Gasteiger partial charge in [-0.2, -0.15) is 23.5 Å². The zero-order valence-corrected chi connectivity index (χ0v) is 10.4. The van der Waals surface area contributed by atoms with Gasteiger partial charge in [0.15, 0.2) is 0 Å². The van der Waals surface area contributed by atoms with E-state index < -0.39 is 0 Å². The Morgan fingerprint density at radius 2 is 2.43 bits per heavy atom. The molecule has 1 aliphatic heterocycles. The average Bonchev–Trinajstić information content (AvgIpc) is 2.65. The Balaban J connectivity index is 2.03. The van der Waals surface area contributed by atoms with Gasteiger partial charge in [-0.3, -0.25) is 0 Å². The molecular weight excluding hydrogens is 234 g/mol. The van der Waals surface area contributed by atoms with Crippen LogP contribution in [0, 0.1) is 6.92 Å². The summed E-state index contributed by atoms with van der Waals surface area (Å²) in [5, 5.41) is 13.4. The molecule has 0 amide bonds. The summed E-state index contributed by atoms with van der Waals surface area (Å²) in [4.78, 5) is 4.33. The zero-order valence-electron chi connectivity index (χ0n) is 7.97. The number of aryl methyl sites for hydroxylation is 1. The van der Waals surface area contributed by atoms with Gasteiger partial charge in [-0.15, -0.1) is 11.3 Å². The molecule has 2 unspecified atom stereocenters. The lowest BCUT2D eigenvalue weighted by Gasteiger charge is -2.24. The van der Waals surface area contributed by atoms with E-state index in [0.29, 0.717) is 5.25 Å². The molecule has 0 saturated carbocycles. The highest BCUT2D eigenvalue weighted by atomic mass is 32.2. The Bertz CT molecular complexity index is 296. The van der Waals surface area contributed by atoms with E-state index in [9.17, 15) is 5.11 Å². The van der Waals surface area contributed by atoms with Crippen LogP contribution in [0.15, 0.2) is 5.38 Å². The van der Waals surface area contributed by atoms with E-state index in [2.05, 4.69) is 4.98 Å². The summed E-state index contributed by atoms with van der Waals surface area (Å²) < 4.78 is 0. The first-order valence-electron chi connectivity index (χ1n) is 4.57. The summed E-state index contributed by atoms with van der Waals surface area (Å²) in [7, 11) is 0. The van der Waals surface area contributed by atoms with Crippen LogP contribution in [0.2, 0.25) is 0 Å². The van der Waals surface area contributed by atoms with Crippen LogP contribution in [0.3, 0.4) is 0 Å². The van der Waals surface area contributed by atoms with E-state index in [-0.39, 0.29) is 6.10 Å². The third kappa shape index (κ3) is 2.45. The van der Waals surface area contributed by atoms with Gasteiger partial charge in [-0.05, 0) is 6.92 Å². The maximum atomic E-state index is 10.1. The fraction of sp³-hybridized carbons (Fsp3) is 0.667. The topological polar surface area (TPSA) is 33.1 Å². The van der Waals surface area contributed by atoms with Gasteiger partial charge in [0.2, 0.25) is 0 Å². The van der Waals surface area contributed by atoms with E-state index >= 15 is 0 Å².